The quantitative estimate of drug-likeness (QED) is 0.412. The molecule has 3 heterocycles. The third-order valence-corrected chi connectivity index (χ3v) is 8.13. The predicted octanol–water partition coefficient (Wildman–Crippen LogP) is 5.44. The van der Waals surface area contributed by atoms with Gasteiger partial charge in [-0.2, -0.15) is 18.4 Å². The second kappa shape index (κ2) is 12.4. The van der Waals surface area contributed by atoms with Crippen LogP contribution in [0.3, 0.4) is 0 Å². The van der Waals surface area contributed by atoms with Crippen molar-refractivity contribution in [1.29, 1.82) is 5.26 Å². The van der Waals surface area contributed by atoms with Crippen molar-refractivity contribution in [2.45, 2.75) is 44.8 Å². The molecule has 5 rings (SSSR count). The number of nitrogens with zero attached hydrogens (tertiary/aromatic N) is 5. The number of pyridine rings is 1. The Labute approximate surface area is 238 Å². The average Bonchev–Trinajstić information content (AvgIpc) is 2.97. The van der Waals surface area contributed by atoms with Crippen LogP contribution in [0.5, 0.6) is 0 Å². The number of piperidine rings is 1. The van der Waals surface area contributed by atoms with Crippen LogP contribution in [0.4, 0.5) is 24.7 Å². The third-order valence-electron chi connectivity index (χ3n) is 8.13. The van der Waals surface area contributed by atoms with Crippen LogP contribution < -0.4 is 10.2 Å². The number of aryl methyl sites for hydroxylation is 1. The molecule has 0 atom stereocenters. The first kappa shape index (κ1) is 28.7. The molecular weight excluding hydrogens is 529 g/mol. The smallest absolute Gasteiger partial charge is 0.382 e. The van der Waals surface area contributed by atoms with E-state index < -0.39 is 11.7 Å². The summed E-state index contributed by atoms with van der Waals surface area (Å²) in [4.78, 5) is 24.3. The second-order valence-electron chi connectivity index (χ2n) is 10.9. The van der Waals surface area contributed by atoms with Crippen LogP contribution >= 0.6 is 0 Å². The lowest BCUT2D eigenvalue weighted by molar-refractivity contribution is -0.137. The van der Waals surface area contributed by atoms with Gasteiger partial charge < -0.3 is 15.1 Å². The molecule has 1 amide bonds. The lowest BCUT2D eigenvalue weighted by Crippen LogP contribution is -2.47. The molecule has 216 valence electrons. The van der Waals surface area contributed by atoms with Crippen molar-refractivity contribution < 1.29 is 18.0 Å². The molecular formula is C31H35F3N6O. The zero-order valence-electron chi connectivity index (χ0n) is 23.3. The Bertz CT molecular complexity index is 1420. The molecule has 0 saturated carbocycles. The number of nitriles is 1. The summed E-state index contributed by atoms with van der Waals surface area (Å²) >= 11 is 0. The van der Waals surface area contributed by atoms with Crippen LogP contribution in [-0.4, -0.2) is 72.5 Å². The first-order chi connectivity index (χ1) is 19.7. The van der Waals surface area contributed by atoms with Crippen molar-refractivity contribution in [2.24, 2.45) is 0 Å². The van der Waals surface area contributed by atoms with E-state index in [1.54, 1.807) is 6.07 Å². The fourth-order valence-electron chi connectivity index (χ4n) is 5.78. The molecule has 0 bridgehead atoms. The molecule has 2 aliphatic heterocycles. The standard InChI is InChI=1S/C31H35F3N6O/c1-22-19-29(37-28-6-3-2-5-26(22)28)39-17-15-38(16-18-39)12-4-7-30(41)40-13-10-24(11-14-40)36-25-9-8-23(21-35)27(20-25)31(32,33)34/h2-3,5-6,8-9,19-20,24,36H,4,7,10-18H2,1H3. The molecule has 0 spiro atoms. The minimum absolute atomic E-state index is 0.0229. The fourth-order valence-corrected chi connectivity index (χ4v) is 5.78. The Morgan fingerprint density at radius 2 is 1.78 bits per heavy atom. The number of para-hydroxylation sites is 1. The van der Waals surface area contributed by atoms with E-state index in [1.165, 1.54) is 23.1 Å². The van der Waals surface area contributed by atoms with Crippen molar-refractivity contribution in [3.63, 3.8) is 0 Å². The number of benzene rings is 2. The van der Waals surface area contributed by atoms with Crippen LogP contribution in [-0.2, 0) is 11.0 Å². The molecule has 0 aliphatic carbocycles. The number of carbonyl (C=O) groups excluding carboxylic acids is 1. The number of piperazine rings is 1. The maximum absolute atomic E-state index is 13.3. The summed E-state index contributed by atoms with van der Waals surface area (Å²) in [5.74, 6) is 1.16. The number of nitrogens with one attached hydrogen (secondary N) is 1. The molecule has 1 N–H and O–H groups in total. The van der Waals surface area contributed by atoms with Gasteiger partial charge in [-0.15, -0.1) is 0 Å². The average molecular weight is 565 g/mol. The van der Waals surface area contributed by atoms with Crippen LogP contribution in [0.25, 0.3) is 10.9 Å². The number of likely N-dealkylation sites (tertiary alicyclic amines) is 1. The number of fused-ring (bicyclic) bond motifs is 1. The highest BCUT2D eigenvalue weighted by atomic mass is 19.4. The van der Waals surface area contributed by atoms with Gasteiger partial charge in [-0.3, -0.25) is 9.69 Å². The SMILES string of the molecule is Cc1cc(N2CCN(CCCC(=O)N3CCC(Nc4ccc(C#N)c(C(F)(F)F)c4)CC3)CC2)nc2ccccc12. The van der Waals surface area contributed by atoms with E-state index in [0.29, 0.717) is 38.0 Å². The highest BCUT2D eigenvalue weighted by Crippen LogP contribution is 2.34. The van der Waals surface area contributed by atoms with Gasteiger partial charge in [-0.1, -0.05) is 18.2 Å². The van der Waals surface area contributed by atoms with E-state index in [-0.39, 0.29) is 17.5 Å². The monoisotopic (exact) mass is 564 g/mol. The van der Waals surface area contributed by atoms with Gasteiger partial charge in [0.1, 0.15) is 5.82 Å². The maximum atomic E-state index is 13.3. The normalized spacial score (nSPS) is 17.0. The number of amides is 1. The summed E-state index contributed by atoms with van der Waals surface area (Å²) in [5, 5.41) is 13.3. The minimum Gasteiger partial charge on any atom is -0.382 e. The van der Waals surface area contributed by atoms with Crippen LogP contribution in [0.15, 0.2) is 48.5 Å². The van der Waals surface area contributed by atoms with Crippen LogP contribution in [0.1, 0.15) is 42.4 Å². The highest BCUT2D eigenvalue weighted by molar-refractivity contribution is 5.83. The highest BCUT2D eigenvalue weighted by Gasteiger charge is 2.34. The first-order valence-corrected chi connectivity index (χ1v) is 14.2. The van der Waals surface area contributed by atoms with E-state index in [2.05, 4.69) is 40.2 Å². The van der Waals surface area contributed by atoms with Gasteiger partial charge >= 0.3 is 6.18 Å². The number of anilines is 2. The van der Waals surface area contributed by atoms with E-state index in [1.807, 2.05) is 17.0 Å². The van der Waals surface area contributed by atoms with Gasteiger partial charge in [0.05, 0.1) is 22.7 Å². The van der Waals surface area contributed by atoms with Gasteiger partial charge in [0.25, 0.3) is 0 Å². The molecule has 10 heteroatoms. The Morgan fingerprint density at radius 1 is 1.05 bits per heavy atom. The van der Waals surface area contributed by atoms with Gasteiger partial charge in [0, 0.05) is 62.8 Å². The van der Waals surface area contributed by atoms with Crippen LogP contribution in [0, 0.1) is 18.3 Å². The minimum atomic E-state index is -4.58. The Balaban J connectivity index is 1.03. The topological polar surface area (TPSA) is 75.5 Å². The maximum Gasteiger partial charge on any atom is 0.417 e. The summed E-state index contributed by atoms with van der Waals surface area (Å²) < 4.78 is 39.8. The number of alkyl halides is 3. The van der Waals surface area contributed by atoms with Gasteiger partial charge in [0.2, 0.25) is 5.91 Å². The Morgan fingerprint density at radius 3 is 2.49 bits per heavy atom. The fraction of sp³-hybridized carbons (Fsp3) is 0.452. The molecule has 7 nitrogen and oxygen atoms in total. The third kappa shape index (κ3) is 6.91. The largest absolute Gasteiger partial charge is 0.417 e. The number of hydrogen-bond acceptors (Lipinski definition) is 6. The zero-order chi connectivity index (χ0) is 29.0. The number of halogens is 3. The van der Waals surface area contributed by atoms with Crippen molar-refractivity contribution in [3.05, 3.63) is 65.2 Å². The van der Waals surface area contributed by atoms with Gasteiger partial charge in [-0.25, -0.2) is 4.98 Å². The van der Waals surface area contributed by atoms with Crippen molar-refractivity contribution in [3.8, 4) is 6.07 Å². The summed E-state index contributed by atoms with van der Waals surface area (Å²) in [6, 6.07) is 15.7. The number of carbonyl (C=O) groups is 1. The zero-order valence-corrected chi connectivity index (χ0v) is 23.3. The van der Waals surface area contributed by atoms with E-state index in [0.717, 1.165) is 56.5 Å². The van der Waals surface area contributed by atoms with E-state index in [9.17, 15) is 18.0 Å². The first-order valence-electron chi connectivity index (χ1n) is 14.2. The molecule has 1 aromatic heterocycles. The molecule has 2 aliphatic rings. The van der Waals surface area contributed by atoms with Crippen molar-refractivity contribution >= 4 is 28.3 Å². The summed E-state index contributed by atoms with van der Waals surface area (Å²) in [6.45, 7) is 7.84. The molecule has 3 aromatic rings. The van der Waals surface area contributed by atoms with E-state index in [4.69, 9.17) is 10.2 Å². The van der Waals surface area contributed by atoms with E-state index >= 15 is 0 Å². The summed E-state index contributed by atoms with van der Waals surface area (Å²) in [6.07, 6.45) is -1.96. The Kier molecular flexibility index (Phi) is 8.64. The molecule has 2 aromatic carbocycles. The Hall–Kier alpha value is -3.84. The molecule has 2 saturated heterocycles. The number of aromatic nitrogens is 1. The molecule has 0 unspecified atom stereocenters. The number of hydrogen-bond donors (Lipinski definition) is 1. The second-order valence-corrected chi connectivity index (χ2v) is 10.9. The van der Waals surface area contributed by atoms with Crippen LogP contribution in [0.2, 0.25) is 0 Å². The molecule has 2 fully saturated rings. The lowest BCUT2D eigenvalue weighted by atomic mass is 10.0. The van der Waals surface area contributed by atoms with Gasteiger partial charge in [0.15, 0.2) is 0 Å². The van der Waals surface area contributed by atoms with Crippen molar-refractivity contribution in [1.82, 2.24) is 14.8 Å². The predicted molar refractivity (Wildman–Crippen MR) is 154 cm³/mol. The number of rotatable bonds is 7. The summed E-state index contributed by atoms with van der Waals surface area (Å²) in [5.41, 5.74) is 1.28. The van der Waals surface area contributed by atoms with Crippen molar-refractivity contribution in [2.75, 3.05) is 56.0 Å². The summed E-state index contributed by atoms with van der Waals surface area (Å²) in [7, 11) is 0. The molecule has 41 heavy (non-hydrogen) atoms. The molecule has 0 radical (unpaired) electrons. The van der Waals surface area contributed by atoms with Gasteiger partial charge in [-0.05, 0) is 68.6 Å². The lowest BCUT2D eigenvalue weighted by Gasteiger charge is -2.36.